The zero-order chi connectivity index (χ0) is 13.9. The van der Waals surface area contributed by atoms with Gasteiger partial charge in [0.2, 0.25) is 0 Å². The van der Waals surface area contributed by atoms with Gasteiger partial charge in [-0.15, -0.1) is 0 Å². The molecule has 1 aromatic carbocycles. The Morgan fingerprint density at radius 2 is 1.95 bits per heavy atom. The van der Waals surface area contributed by atoms with Gasteiger partial charge in [-0.25, -0.2) is 0 Å². The van der Waals surface area contributed by atoms with Gasteiger partial charge in [-0.1, -0.05) is 13.3 Å². The Kier molecular flexibility index (Phi) is 7.64. The number of unbranched alkanes of at least 4 members (excludes halogenated alkanes) is 1. The molecule has 1 rings (SSSR count). The van der Waals surface area contributed by atoms with Crippen molar-refractivity contribution in [1.29, 1.82) is 5.26 Å². The number of nitriles is 1. The monoisotopic (exact) mass is 262 g/mol. The van der Waals surface area contributed by atoms with E-state index in [1.807, 2.05) is 0 Å². The second-order valence-electron chi connectivity index (χ2n) is 4.40. The van der Waals surface area contributed by atoms with Crippen molar-refractivity contribution in [2.45, 2.75) is 19.8 Å². The van der Waals surface area contributed by atoms with Crippen molar-refractivity contribution < 1.29 is 9.84 Å². The molecule has 1 aromatic rings. The average molecular weight is 262 g/mol. The number of nitrogens with zero attached hydrogens (tertiary/aromatic N) is 2. The molecular formula is C15H22N2O2. The first-order valence-corrected chi connectivity index (χ1v) is 6.76. The molecule has 0 heterocycles. The van der Waals surface area contributed by atoms with E-state index in [9.17, 15) is 0 Å². The van der Waals surface area contributed by atoms with E-state index in [-0.39, 0.29) is 6.61 Å². The molecule has 0 aliphatic carbocycles. The van der Waals surface area contributed by atoms with E-state index in [1.165, 1.54) is 0 Å². The molecule has 4 heteroatoms. The summed E-state index contributed by atoms with van der Waals surface area (Å²) in [5.74, 6) is 0.776. The fourth-order valence-electron chi connectivity index (χ4n) is 1.78. The van der Waals surface area contributed by atoms with Gasteiger partial charge in [-0.2, -0.15) is 5.26 Å². The van der Waals surface area contributed by atoms with Crippen LogP contribution in [0.25, 0.3) is 0 Å². The number of aliphatic hydroxyl groups excluding tert-OH is 1. The summed E-state index contributed by atoms with van der Waals surface area (Å²) in [6.45, 7) is 5.42. The van der Waals surface area contributed by atoms with Crippen LogP contribution < -0.4 is 4.74 Å². The Bertz CT molecular complexity index is 384. The molecule has 0 aliphatic heterocycles. The van der Waals surface area contributed by atoms with Crippen LogP contribution in [0.3, 0.4) is 0 Å². The molecule has 0 saturated carbocycles. The first-order chi connectivity index (χ1) is 9.30. The summed E-state index contributed by atoms with van der Waals surface area (Å²) >= 11 is 0. The first kappa shape index (κ1) is 15.5. The Morgan fingerprint density at radius 3 is 2.53 bits per heavy atom. The minimum Gasteiger partial charge on any atom is -0.492 e. The predicted octanol–water partition coefficient (Wildman–Crippen LogP) is 2.03. The predicted molar refractivity (Wildman–Crippen MR) is 75.1 cm³/mol. The van der Waals surface area contributed by atoms with Crippen LogP contribution in [0.4, 0.5) is 0 Å². The number of ether oxygens (including phenoxy) is 1. The van der Waals surface area contributed by atoms with Crippen LogP contribution >= 0.6 is 0 Å². The standard InChI is InChI=1S/C15H22N2O2/c1-2-3-8-17(9-11-18)10-12-19-15-6-4-14(13-16)5-7-15/h4-7,18H,2-3,8-12H2,1H3. The van der Waals surface area contributed by atoms with Gasteiger partial charge in [0.15, 0.2) is 0 Å². The van der Waals surface area contributed by atoms with Gasteiger partial charge in [0.25, 0.3) is 0 Å². The van der Waals surface area contributed by atoms with Crippen LogP contribution in [-0.4, -0.2) is 42.9 Å². The van der Waals surface area contributed by atoms with Gasteiger partial charge in [0.1, 0.15) is 12.4 Å². The number of aliphatic hydroxyl groups is 1. The molecule has 19 heavy (non-hydrogen) atoms. The average Bonchev–Trinajstić information content (AvgIpc) is 2.45. The fraction of sp³-hybridized carbons (Fsp3) is 0.533. The van der Waals surface area contributed by atoms with Crippen molar-refractivity contribution >= 4 is 0 Å². The van der Waals surface area contributed by atoms with Gasteiger partial charge >= 0.3 is 0 Å². The van der Waals surface area contributed by atoms with E-state index < -0.39 is 0 Å². The SMILES string of the molecule is CCCCN(CCO)CCOc1ccc(C#N)cc1. The highest BCUT2D eigenvalue weighted by Gasteiger charge is 2.03. The van der Waals surface area contributed by atoms with Gasteiger partial charge in [0, 0.05) is 13.1 Å². The van der Waals surface area contributed by atoms with Crippen molar-refractivity contribution in [3.05, 3.63) is 29.8 Å². The molecule has 0 unspecified atom stereocenters. The van der Waals surface area contributed by atoms with Crippen LogP contribution in [0.5, 0.6) is 5.75 Å². The zero-order valence-corrected chi connectivity index (χ0v) is 11.5. The minimum absolute atomic E-state index is 0.181. The maximum absolute atomic E-state index is 9.00. The Morgan fingerprint density at radius 1 is 1.21 bits per heavy atom. The van der Waals surface area contributed by atoms with Crippen LogP contribution in [0, 0.1) is 11.3 Å². The van der Waals surface area contributed by atoms with E-state index in [0.717, 1.165) is 31.7 Å². The smallest absolute Gasteiger partial charge is 0.119 e. The summed E-state index contributed by atoms with van der Waals surface area (Å²) in [6.07, 6.45) is 2.29. The van der Waals surface area contributed by atoms with Crippen LogP contribution in [-0.2, 0) is 0 Å². The number of hydrogen-bond donors (Lipinski definition) is 1. The maximum Gasteiger partial charge on any atom is 0.119 e. The molecule has 4 nitrogen and oxygen atoms in total. The van der Waals surface area contributed by atoms with E-state index >= 15 is 0 Å². The largest absolute Gasteiger partial charge is 0.492 e. The normalized spacial score (nSPS) is 10.4. The minimum atomic E-state index is 0.181. The Hall–Kier alpha value is -1.57. The molecule has 0 spiro atoms. The molecule has 0 radical (unpaired) electrons. The molecule has 0 aromatic heterocycles. The summed E-state index contributed by atoms with van der Waals surface area (Å²) in [5, 5.41) is 17.7. The second-order valence-corrected chi connectivity index (χ2v) is 4.40. The van der Waals surface area contributed by atoms with Crippen LogP contribution in [0.1, 0.15) is 25.3 Å². The Balaban J connectivity index is 2.31. The highest BCUT2D eigenvalue weighted by molar-refractivity contribution is 5.34. The molecule has 1 N–H and O–H groups in total. The summed E-state index contributed by atoms with van der Waals surface area (Å²) in [4.78, 5) is 2.20. The van der Waals surface area contributed by atoms with Gasteiger partial charge in [-0.05, 0) is 37.2 Å². The zero-order valence-electron chi connectivity index (χ0n) is 11.5. The summed E-state index contributed by atoms with van der Waals surface area (Å²) in [5.41, 5.74) is 0.636. The lowest BCUT2D eigenvalue weighted by atomic mass is 10.2. The Labute approximate surface area is 115 Å². The number of rotatable bonds is 9. The highest BCUT2D eigenvalue weighted by atomic mass is 16.5. The molecule has 0 amide bonds. The molecule has 0 saturated heterocycles. The van der Waals surface area contributed by atoms with Gasteiger partial charge < -0.3 is 9.84 Å². The number of hydrogen-bond acceptors (Lipinski definition) is 4. The molecule has 0 aliphatic rings. The molecule has 0 atom stereocenters. The van der Waals surface area contributed by atoms with Crippen molar-refractivity contribution in [3.63, 3.8) is 0 Å². The van der Waals surface area contributed by atoms with Crippen LogP contribution in [0.15, 0.2) is 24.3 Å². The fourth-order valence-corrected chi connectivity index (χ4v) is 1.78. The summed E-state index contributed by atoms with van der Waals surface area (Å²) < 4.78 is 5.63. The van der Waals surface area contributed by atoms with E-state index in [1.54, 1.807) is 24.3 Å². The van der Waals surface area contributed by atoms with Crippen molar-refractivity contribution in [1.82, 2.24) is 4.90 Å². The van der Waals surface area contributed by atoms with Crippen LogP contribution in [0.2, 0.25) is 0 Å². The highest BCUT2D eigenvalue weighted by Crippen LogP contribution is 2.11. The van der Waals surface area contributed by atoms with Crippen molar-refractivity contribution in [3.8, 4) is 11.8 Å². The summed E-state index contributed by atoms with van der Waals surface area (Å²) in [7, 11) is 0. The molecule has 104 valence electrons. The molecular weight excluding hydrogens is 240 g/mol. The first-order valence-electron chi connectivity index (χ1n) is 6.76. The van der Waals surface area contributed by atoms with Gasteiger partial charge in [0.05, 0.1) is 18.2 Å². The maximum atomic E-state index is 9.00. The molecule has 0 bridgehead atoms. The lowest BCUT2D eigenvalue weighted by Gasteiger charge is -2.21. The number of benzene rings is 1. The second kappa shape index (κ2) is 9.37. The van der Waals surface area contributed by atoms with Crippen molar-refractivity contribution in [2.75, 3.05) is 32.8 Å². The molecule has 0 fully saturated rings. The topological polar surface area (TPSA) is 56.5 Å². The van der Waals surface area contributed by atoms with E-state index in [2.05, 4.69) is 17.9 Å². The summed E-state index contributed by atoms with van der Waals surface area (Å²) in [6, 6.07) is 9.19. The third-order valence-electron chi connectivity index (χ3n) is 2.90. The van der Waals surface area contributed by atoms with Crippen molar-refractivity contribution in [2.24, 2.45) is 0 Å². The van der Waals surface area contributed by atoms with Gasteiger partial charge in [-0.3, -0.25) is 4.90 Å². The lowest BCUT2D eigenvalue weighted by molar-refractivity contribution is 0.167. The quantitative estimate of drug-likeness (QED) is 0.740. The third kappa shape index (κ3) is 6.23. The van der Waals surface area contributed by atoms with E-state index in [4.69, 9.17) is 15.1 Å². The van der Waals surface area contributed by atoms with E-state index in [0.29, 0.717) is 18.7 Å². The third-order valence-corrected chi connectivity index (χ3v) is 2.90. The lowest BCUT2D eigenvalue weighted by Crippen LogP contribution is -2.32.